The van der Waals surface area contributed by atoms with Gasteiger partial charge in [0.2, 0.25) is 0 Å². The molecule has 21 heavy (non-hydrogen) atoms. The van der Waals surface area contributed by atoms with Crippen LogP contribution in [0.4, 0.5) is 0 Å². The average molecular weight is 332 g/mol. The van der Waals surface area contributed by atoms with Crippen LogP contribution in [0, 0.1) is 11.3 Å². The largest absolute Gasteiger partial charge is 0.469 e. The molecule has 1 rings (SSSR count). The van der Waals surface area contributed by atoms with Crippen molar-refractivity contribution < 1.29 is 22.1 Å². The molecule has 0 aromatic heterocycles. The highest BCUT2D eigenvalue weighted by Gasteiger charge is 2.15. The van der Waals surface area contributed by atoms with Gasteiger partial charge in [0.15, 0.2) is 5.75 Å². The molecule has 0 N–H and O–H groups in total. The summed E-state index contributed by atoms with van der Waals surface area (Å²) in [7, 11) is -2.53. The lowest BCUT2D eigenvalue weighted by Crippen LogP contribution is -2.14. The summed E-state index contributed by atoms with van der Waals surface area (Å²) in [5, 5.41) is 8.74. The van der Waals surface area contributed by atoms with Gasteiger partial charge in [0.1, 0.15) is 0 Å². The molecular formula is C13H14ClNO5S. The van der Waals surface area contributed by atoms with Gasteiger partial charge in [-0.2, -0.15) is 13.7 Å². The van der Waals surface area contributed by atoms with Crippen LogP contribution >= 0.6 is 11.6 Å². The topological polar surface area (TPSA) is 93.5 Å². The molecular weight excluding hydrogens is 318 g/mol. The number of hydrogen-bond donors (Lipinski definition) is 0. The van der Waals surface area contributed by atoms with E-state index in [2.05, 4.69) is 4.74 Å². The molecule has 0 spiro atoms. The zero-order valence-corrected chi connectivity index (χ0v) is 12.9. The Balaban J connectivity index is 2.57. The maximum Gasteiger partial charge on any atom is 0.309 e. The van der Waals surface area contributed by atoms with E-state index in [0.29, 0.717) is 12.0 Å². The van der Waals surface area contributed by atoms with E-state index < -0.39 is 10.1 Å². The van der Waals surface area contributed by atoms with Crippen LogP contribution in [0.2, 0.25) is 5.02 Å². The van der Waals surface area contributed by atoms with Crippen molar-refractivity contribution in [2.45, 2.75) is 19.3 Å². The Hall–Kier alpha value is -1.78. The minimum absolute atomic E-state index is 0.0244. The number of esters is 1. The zero-order chi connectivity index (χ0) is 15.9. The van der Waals surface area contributed by atoms with Crippen LogP contribution < -0.4 is 4.18 Å². The van der Waals surface area contributed by atoms with E-state index in [-0.39, 0.29) is 35.3 Å². The minimum Gasteiger partial charge on any atom is -0.469 e. The Bertz CT molecular complexity index is 651. The summed E-state index contributed by atoms with van der Waals surface area (Å²) < 4.78 is 32.8. The summed E-state index contributed by atoms with van der Waals surface area (Å²) in [5.41, 5.74) is 0.308. The van der Waals surface area contributed by atoms with E-state index in [1.807, 2.05) is 6.07 Å². The van der Waals surface area contributed by atoms with Gasteiger partial charge in [-0.3, -0.25) is 4.79 Å². The fourth-order valence-corrected chi connectivity index (χ4v) is 2.79. The van der Waals surface area contributed by atoms with Gasteiger partial charge in [-0.15, -0.1) is 0 Å². The molecule has 0 heterocycles. The van der Waals surface area contributed by atoms with Gasteiger partial charge in [-0.1, -0.05) is 11.6 Å². The van der Waals surface area contributed by atoms with Gasteiger partial charge in [-0.25, -0.2) is 0 Å². The highest BCUT2D eigenvalue weighted by atomic mass is 35.5. The SMILES string of the molecule is COC(=O)CCCCS(=O)(=O)Oc1ccc(C#N)cc1Cl. The maximum absolute atomic E-state index is 11.8. The molecule has 0 amide bonds. The monoisotopic (exact) mass is 331 g/mol. The zero-order valence-electron chi connectivity index (χ0n) is 11.3. The summed E-state index contributed by atoms with van der Waals surface area (Å²) in [6, 6.07) is 5.94. The molecule has 0 atom stereocenters. The van der Waals surface area contributed by atoms with Crippen molar-refractivity contribution in [1.82, 2.24) is 0 Å². The van der Waals surface area contributed by atoms with E-state index >= 15 is 0 Å². The number of methoxy groups -OCH3 is 1. The summed E-state index contributed by atoms with van der Waals surface area (Å²) in [4.78, 5) is 10.9. The number of carbonyl (C=O) groups is 1. The molecule has 1 aromatic rings. The number of ether oxygens (including phenoxy) is 1. The number of nitriles is 1. The second kappa shape index (κ2) is 7.86. The van der Waals surface area contributed by atoms with Gasteiger partial charge in [0.05, 0.1) is 29.5 Å². The van der Waals surface area contributed by atoms with Crippen LogP contribution in [-0.4, -0.2) is 27.2 Å². The maximum atomic E-state index is 11.8. The molecule has 1 aromatic carbocycles. The van der Waals surface area contributed by atoms with E-state index in [0.717, 1.165) is 0 Å². The second-order valence-corrected chi connectivity index (χ2v) is 6.23. The van der Waals surface area contributed by atoms with E-state index in [4.69, 9.17) is 21.0 Å². The number of nitrogens with zero attached hydrogens (tertiary/aromatic N) is 1. The molecule has 0 aliphatic rings. The van der Waals surface area contributed by atoms with Crippen LogP contribution in [0.25, 0.3) is 0 Å². The van der Waals surface area contributed by atoms with Gasteiger partial charge in [0.25, 0.3) is 0 Å². The number of carbonyl (C=O) groups excluding carboxylic acids is 1. The first-order valence-corrected chi connectivity index (χ1v) is 8.02. The minimum atomic E-state index is -3.80. The normalized spacial score (nSPS) is 10.7. The predicted molar refractivity (Wildman–Crippen MR) is 76.4 cm³/mol. The van der Waals surface area contributed by atoms with E-state index in [1.165, 1.54) is 25.3 Å². The molecule has 0 aliphatic carbocycles. The van der Waals surface area contributed by atoms with Crippen molar-refractivity contribution >= 4 is 27.7 Å². The molecule has 0 fully saturated rings. The summed E-state index contributed by atoms with van der Waals surface area (Å²) in [6.07, 6.45) is 0.811. The summed E-state index contributed by atoms with van der Waals surface area (Å²) >= 11 is 5.83. The number of halogens is 1. The number of rotatable bonds is 7. The van der Waals surface area contributed by atoms with Crippen molar-refractivity contribution in [2.75, 3.05) is 12.9 Å². The third-order valence-electron chi connectivity index (χ3n) is 2.53. The highest BCUT2D eigenvalue weighted by Crippen LogP contribution is 2.26. The second-order valence-electron chi connectivity index (χ2n) is 4.14. The third-order valence-corrected chi connectivity index (χ3v) is 4.05. The summed E-state index contributed by atoms with van der Waals surface area (Å²) in [6.45, 7) is 0. The van der Waals surface area contributed by atoms with Crippen molar-refractivity contribution in [3.63, 3.8) is 0 Å². The number of benzene rings is 1. The lowest BCUT2D eigenvalue weighted by molar-refractivity contribution is -0.140. The van der Waals surface area contributed by atoms with Crippen LogP contribution in [0.3, 0.4) is 0 Å². The lowest BCUT2D eigenvalue weighted by atomic mass is 10.2. The van der Waals surface area contributed by atoms with Crippen molar-refractivity contribution in [3.8, 4) is 11.8 Å². The molecule has 0 unspecified atom stereocenters. The number of unbranched alkanes of at least 4 members (excludes halogenated alkanes) is 1. The van der Waals surface area contributed by atoms with E-state index in [1.54, 1.807) is 0 Å². The standard InChI is InChI=1S/C13H14ClNO5S/c1-19-13(16)4-2-3-7-21(17,18)20-12-6-5-10(9-15)8-11(12)14/h5-6,8H,2-4,7H2,1H3. The van der Waals surface area contributed by atoms with Gasteiger partial charge >= 0.3 is 16.1 Å². The quantitative estimate of drug-likeness (QED) is 0.432. The van der Waals surface area contributed by atoms with E-state index in [9.17, 15) is 13.2 Å². The fourth-order valence-electron chi connectivity index (χ4n) is 1.47. The van der Waals surface area contributed by atoms with Crippen molar-refractivity contribution in [1.29, 1.82) is 5.26 Å². The Morgan fingerprint density at radius 3 is 2.67 bits per heavy atom. The Labute approximate surface area is 128 Å². The molecule has 114 valence electrons. The molecule has 6 nitrogen and oxygen atoms in total. The van der Waals surface area contributed by atoms with Crippen LogP contribution in [0.5, 0.6) is 5.75 Å². The Morgan fingerprint density at radius 1 is 1.38 bits per heavy atom. The first-order valence-electron chi connectivity index (χ1n) is 6.06. The third kappa shape index (κ3) is 6.02. The molecule has 0 aliphatic heterocycles. The summed E-state index contributed by atoms with van der Waals surface area (Å²) in [5.74, 6) is -0.646. The molecule has 0 radical (unpaired) electrons. The fraction of sp³-hybridized carbons (Fsp3) is 0.385. The van der Waals surface area contributed by atoms with Crippen LogP contribution in [-0.2, 0) is 19.6 Å². The van der Waals surface area contributed by atoms with Crippen LogP contribution in [0.15, 0.2) is 18.2 Å². The number of hydrogen-bond acceptors (Lipinski definition) is 6. The predicted octanol–water partition coefficient (Wildman–Crippen LogP) is 2.26. The average Bonchev–Trinajstić information content (AvgIpc) is 2.45. The smallest absolute Gasteiger partial charge is 0.309 e. The van der Waals surface area contributed by atoms with Crippen molar-refractivity contribution in [2.24, 2.45) is 0 Å². The molecule has 8 heteroatoms. The first-order chi connectivity index (χ1) is 9.88. The molecule has 0 saturated carbocycles. The highest BCUT2D eigenvalue weighted by molar-refractivity contribution is 7.87. The lowest BCUT2D eigenvalue weighted by Gasteiger charge is -2.08. The molecule has 0 saturated heterocycles. The van der Waals surface area contributed by atoms with Gasteiger partial charge < -0.3 is 8.92 Å². The Morgan fingerprint density at radius 2 is 2.10 bits per heavy atom. The Kier molecular flexibility index (Phi) is 6.46. The van der Waals surface area contributed by atoms with Crippen LogP contribution in [0.1, 0.15) is 24.8 Å². The van der Waals surface area contributed by atoms with Crippen molar-refractivity contribution in [3.05, 3.63) is 28.8 Å². The first kappa shape index (κ1) is 17.3. The van der Waals surface area contributed by atoms with Gasteiger partial charge in [0, 0.05) is 6.42 Å². The van der Waals surface area contributed by atoms with Gasteiger partial charge in [-0.05, 0) is 31.0 Å². The molecule has 0 bridgehead atoms.